The Kier molecular flexibility index (Phi) is 3.87. The normalized spacial score (nSPS) is 5.80. The average molecular weight is 91.0 g/mol. The van der Waals surface area contributed by atoms with Crippen LogP contribution in [0.4, 0.5) is 0 Å². The molecule has 0 rings (SSSR count). The zero-order valence-electron chi connectivity index (χ0n) is 2.34. The summed E-state index contributed by atoms with van der Waals surface area (Å²) >= 11 is 0. The Morgan fingerprint density at radius 3 is 2.60 bits per heavy atom. The van der Waals surface area contributed by atoms with E-state index in [4.69, 9.17) is 9.77 Å². The summed E-state index contributed by atoms with van der Waals surface area (Å²) in [7, 11) is -0.338. The number of rotatable bonds is 0. The van der Waals surface area contributed by atoms with Gasteiger partial charge in [-0.2, -0.15) is 0 Å². The first-order chi connectivity index (χ1) is 2.41. The molecule has 0 amide bonds. The van der Waals surface area contributed by atoms with E-state index >= 15 is 0 Å². The molecule has 0 saturated carbocycles. The number of hydroxylamine groups is 1. The van der Waals surface area contributed by atoms with Crippen molar-refractivity contribution in [2.75, 3.05) is 0 Å². The molecule has 0 aromatic rings. The van der Waals surface area contributed by atoms with Gasteiger partial charge in [-0.15, -0.1) is 0 Å². The molecular formula is CH2NO2P. The van der Waals surface area contributed by atoms with Crippen LogP contribution in [0.2, 0.25) is 0 Å². The van der Waals surface area contributed by atoms with Gasteiger partial charge in [0.1, 0.15) is 0 Å². The molecule has 0 heterocycles. The molecule has 0 unspecified atom stereocenters. The number of hydrogen-bond donors (Lipinski definition) is 1. The van der Waals surface area contributed by atoms with Gasteiger partial charge in [-0.3, -0.25) is 0 Å². The molecule has 0 aliphatic heterocycles. The van der Waals surface area contributed by atoms with E-state index in [1.54, 1.807) is 0 Å². The first-order valence-electron chi connectivity index (χ1n) is 0.931. The summed E-state index contributed by atoms with van der Waals surface area (Å²) in [5.41, 5.74) is 0.356. The van der Waals surface area contributed by atoms with Crippen molar-refractivity contribution in [1.82, 2.24) is 0 Å². The molecule has 0 aliphatic rings. The summed E-state index contributed by atoms with van der Waals surface area (Å²) in [6.45, 7) is 0. The first-order valence-corrected chi connectivity index (χ1v) is 1.74. The van der Waals surface area contributed by atoms with Crippen LogP contribution in [0, 0.1) is 11.0 Å². The maximum absolute atomic E-state index is 9.16. The van der Waals surface area contributed by atoms with Gasteiger partial charge in [0, 0.05) is 0 Å². The molecule has 0 bridgehead atoms. The fourth-order valence-electron chi connectivity index (χ4n) is 0.0215. The van der Waals surface area contributed by atoms with Crippen molar-refractivity contribution in [2.45, 2.75) is 0 Å². The monoisotopic (exact) mass is 91.0 g/mol. The summed E-state index contributed by atoms with van der Waals surface area (Å²) < 4.78 is 9.16. The van der Waals surface area contributed by atoms with Crippen molar-refractivity contribution >= 4 is 7.92 Å². The van der Waals surface area contributed by atoms with E-state index in [-0.39, 0.29) is 7.92 Å². The molecule has 0 fully saturated rings. The molecule has 0 atom stereocenters. The van der Waals surface area contributed by atoms with Crippen LogP contribution >= 0.6 is 7.92 Å². The minimum absolute atomic E-state index is 0.338. The summed E-state index contributed by atoms with van der Waals surface area (Å²) in [5.74, 6) is 1.85. The van der Waals surface area contributed by atoms with Crippen LogP contribution in [0.15, 0.2) is 0 Å². The summed E-state index contributed by atoms with van der Waals surface area (Å²) in [5, 5.41) is 9.09. The van der Waals surface area contributed by atoms with Gasteiger partial charge in [-0.1, -0.05) is 0 Å². The van der Waals surface area contributed by atoms with Crippen molar-refractivity contribution in [3.63, 3.8) is 0 Å². The van der Waals surface area contributed by atoms with Crippen molar-refractivity contribution in [1.29, 1.82) is 0 Å². The topological polar surface area (TPSA) is 56.7 Å². The van der Waals surface area contributed by atoms with Crippen LogP contribution in [-0.4, -0.2) is 0 Å². The van der Waals surface area contributed by atoms with Gasteiger partial charge in [0.15, 0.2) is 0 Å². The van der Waals surface area contributed by atoms with Gasteiger partial charge in [0.2, 0.25) is 0 Å². The average Bonchev–Trinajstić information content (AvgIpc) is 1.41. The second kappa shape index (κ2) is 3.93. The van der Waals surface area contributed by atoms with Crippen molar-refractivity contribution < 1.29 is 10.0 Å². The van der Waals surface area contributed by atoms with E-state index in [0.717, 1.165) is 0 Å². The third-order valence-electron chi connectivity index (χ3n) is 0.105. The first kappa shape index (κ1) is 4.93. The van der Waals surface area contributed by atoms with Crippen LogP contribution in [-0.2, 0) is 4.57 Å². The molecule has 3 nitrogen and oxygen atoms in total. The number of nitrogens with two attached hydrogens (primary N) is 1. The van der Waals surface area contributed by atoms with Crippen LogP contribution in [0.25, 0.3) is 0 Å². The summed E-state index contributed by atoms with van der Waals surface area (Å²) in [4.78, 5) is 0. The van der Waals surface area contributed by atoms with E-state index < -0.39 is 0 Å². The quantitative estimate of drug-likeness (QED) is 0.315. The molecule has 0 aromatic heterocycles. The van der Waals surface area contributed by atoms with E-state index in [1.165, 1.54) is 0 Å². The summed E-state index contributed by atoms with van der Waals surface area (Å²) in [6, 6.07) is 0. The van der Waals surface area contributed by atoms with Crippen molar-refractivity contribution in [3.8, 4) is 5.75 Å². The molecule has 0 radical (unpaired) electrons. The van der Waals surface area contributed by atoms with E-state index in [1.807, 2.05) is 5.75 Å². The predicted molar refractivity (Wildman–Crippen MR) is 16.8 cm³/mol. The number of quaternary nitrogens is 1. The molecular weight excluding hydrogens is 89.0 g/mol. The Morgan fingerprint density at radius 2 is 2.60 bits per heavy atom. The Labute approximate surface area is 30.1 Å². The minimum atomic E-state index is -0.338. The molecule has 0 spiro atoms. The number of hydrogen-bond acceptors (Lipinski definition) is 2. The standard InChI is InChI=1S/CH2NO2P/c3-2-1-5-4/h2H2. The van der Waals surface area contributed by atoms with Gasteiger partial charge in [0.25, 0.3) is 0 Å². The second-order valence-corrected chi connectivity index (χ2v) is 0.779. The Morgan fingerprint density at radius 1 is 2.00 bits per heavy atom. The van der Waals surface area contributed by atoms with Crippen LogP contribution < -0.4 is 5.48 Å². The summed E-state index contributed by atoms with van der Waals surface area (Å²) in [6.07, 6.45) is 0. The van der Waals surface area contributed by atoms with Gasteiger partial charge in [0.05, 0.1) is 0 Å². The van der Waals surface area contributed by atoms with Crippen molar-refractivity contribution in [2.24, 2.45) is 0 Å². The fourth-order valence-corrected chi connectivity index (χ4v) is 0.0645. The third-order valence-corrected chi connectivity index (χ3v) is 0.316. The van der Waals surface area contributed by atoms with E-state index in [9.17, 15) is 0 Å². The SMILES string of the molecule is O=P#C[NH2+][O-]. The molecule has 2 N–H and O–H groups in total. The van der Waals surface area contributed by atoms with E-state index in [2.05, 4.69) is 0 Å². The Bertz CT molecular complexity index is 91.2. The molecule has 5 heavy (non-hydrogen) atoms. The van der Waals surface area contributed by atoms with Gasteiger partial charge in [-0.05, 0) is 0 Å². The molecule has 0 aliphatic carbocycles. The Hall–Kier alpha value is -0.0700. The predicted octanol–water partition coefficient (Wildman–Crippen LogP) is -0.744. The van der Waals surface area contributed by atoms with Crippen molar-refractivity contribution in [3.05, 3.63) is 5.21 Å². The molecule has 4 heteroatoms. The zero-order chi connectivity index (χ0) is 4.12. The molecule has 0 aromatic carbocycles. The molecule has 0 saturated heterocycles. The Balaban J connectivity index is 3.17. The van der Waals surface area contributed by atoms with Crippen LogP contribution in [0.1, 0.15) is 0 Å². The van der Waals surface area contributed by atoms with Crippen LogP contribution in [0.5, 0.6) is 0 Å². The molecule has 28 valence electrons. The van der Waals surface area contributed by atoms with Crippen LogP contribution in [0.3, 0.4) is 0 Å². The zero-order valence-corrected chi connectivity index (χ0v) is 3.24. The second-order valence-electron chi connectivity index (χ2n) is 0.338. The maximum atomic E-state index is 9.16. The van der Waals surface area contributed by atoms with Gasteiger partial charge < -0.3 is 0 Å². The van der Waals surface area contributed by atoms with Gasteiger partial charge in [-0.25, -0.2) is 0 Å². The van der Waals surface area contributed by atoms with Gasteiger partial charge >= 0.3 is 28.9 Å². The fraction of sp³-hybridized carbons (Fsp3) is 0. The third kappa shape index (κ3) is 3.93. The van der Waals surface area contributed by atoms with E-state index in [0.29, 0.717) is 5.48 Å².